The van der Waals surface area contributed by atoms with Crippen LogP contribution in [0.15, 0.2) is 30.4 Å². The van der Waals surface area contributed by atoms with Gasteiger partial charge in [-0.25, -0.2) is 0 Å². The molecule has 0 bridgehead atoms. The van der Waals surface area contributed by atoms with Crippen molar-refractivity contribution in [3.8, 4) is 11.5 Å². The standard InChI is InChI=1S/C16H24N2O2.2ClH/c1-12(2)10-14(18-8-6-17-7-9-18)13-4-5-16(20-3)15(19)11-13;;/h4-5,11,14,17,19H,1,6-10H2,2-3H3;2*1H/t14-;;/m0../s1. The summed E-state index contributed by atoms with van der Waals surface area (Å²) in [6.45, 7) is 10.2. The maximum atomic E-state index is 9.99. The number of hydrogen-bond acceptors (Lipinski definition) is 4. The summed E-state index contributed by atoms with van der Waals surface area (Å²) in [7, 11) is 1.57. The number of benzene rings is 1. The van der Waals surface area contributed by atoms with Gasteiger partial charge < -0.3 is 15.2 Å². The molecule has 0 aliphatic carbocycles. The molecule has 1 heterocycles. The van der Waals surface area contributed by atoms with E-state index in [0.29, 0.717) is 5.75 Å². The van der Waals surface area contributed by atoms with Crippen LogP contribution in [0.2, 0.25) is 0 Å². The summed E-state index contributed by atoms with van der Waals surface area (Å²) in [5, 5.41) is 13.4. The summed E-state index contributed by atoms with van der Waals surface area (Å²) in [4.78, 5) is 2.45. The lowest BCUT2D eigenvalue weighted by Crippen LogP contribution is -2.45. The summed E-state index contributed by atoms with van der Waals surface area (Å²) < 4.78 is 5.12. The molecular formula is C16H26Cl2N2O2. The number of phenols is 1. The van der Waals surface area contributed by atoms with Gasteiger partial charge >= 0.3 is 0 Å². The zero-order valence-corrected chi connectivity index (χ0v) is 14.8. The quantitative estimate of drug-likeness (QED) is 0.802. The van der Waals surface area contributed by atoms with Crippen molar-refractivity contribution >= 4 is 24.8 Å². The minimum Gasteiger partial charge on any atom is -0.504 e. The number of aromatic hydroxyl groups is 1. The monoisotopic (exact) mass is 348 g/mol. The van der Waals surface area contributed by atoms with Gasteiger partial charge in [0.1, 0.15) is 0 Å². The Kier molecular flexibility index (Phi) is 9.53. The van der Waals surface area contributed by atoms with Crippen molar-refractivity contribution in [2.75, 3.05) is 33.3 Å². The first kappa shape index (κ1) is 21.1. The molecule has 1 saturated heterocycles. The summed E-state index contributed by atoms with van der Waals surface area (Å²) in [6.07, 6.45) is 0.909. The fourth-order valence-corrected chi connectivity index (χ4v) is 2.70. The lowest BCUT2D eigenvalue weighted by atomic mass is 9.97. The molecule has 4 nitrogen and oxygen atoms in total. The molecule has 1 aliphatic heterocycles. The topological polar surface area (TPSA) is 44.7 Å². The number of hydrogen-bond donors (Lipinski definition) is 2. The number of rotatable bonds is 5. The van der Waals surface area contributed by atoms with Crippen LogP contribution < -0.4 is 10.1 Å². The fraction of sp³-hybridized carbons (Fsp3) is 0.500. The van der Waals surface area contributed by atoms with E-state index in [1.54, 1.807) is 7.11 Å². The molecule has 22 heavy (non-hydrogen) atoms. The van der Waals surface area contributed by atoms with Crippen molar-refractivity contribution in [2.45, 2.75) is 19.4 Å². The third kappa shape index (κ3) is 5.36. The van der Waals surface area contributed by atoms with Crippen molar-refractivity contribution in [3.63, 3.8) is 0 Å². The molecule has 2 N–H and O–H groups in total. The number of nitrogens with zero attached hydrogens (tertiary/aromatic N) is 1. The van der Waals surface area contributed by atoms with Crippen LogP contribution in [0.4, 0.5) is 0 Å². The lowest BCUT2D eigenvalue weighted by molar-refractivity contribution is 0.172. The SMILES string of the molecule is C=C(C)C[C@@H](c1ccc(OC)c(O)c1)N1CCNCC1.Cl.Cl. The number of methoxy groups -OCH3 is 1. The smallest absolute Gasteiger partial charge is 0.160 e. The third-order valence-corrected chi connectivity index (χ3v) is 3.72. The van der Waals surface area contributed by atoms with Gasteiger partial charge in [-0.05, 0) is 31.0 Å². The van der Waals surface area contributed by atoms with E-state index in [4.69, 9.17) is 4.74 Å². The van der Waals surface area contributed by atoms with Gasteiger partial charge in [-0.3, -0.25) is 4.90 Å². The molecule has 1 fully saturated rings. The van der Waals surface area contributed by atoms with Gasteiger partial charge in [0, 0.05) is 32.2 Å². The van der Waals surface area contributed by atoms with E-state index >= 15 is 0 Å². The zero-order chi connectivity index (χ0) is 14.5. The molecule has 126 valence electrons. The van der Waals surface area contributed by atoms with Crippen molar-refractivity contribution in [1.29, 1.82) is 0 Å². The van der Waals surface area contributed by atoms with Gasteiger partial charge in [-0.15, -0.1) is 31.4 Å². The Balaban J connectivity index is 0.00000220. The number of halogens is 2. The van der Waals surface area contributed by atoms with Gasteiger partial charge in [-0.2, -0.15) is 0 Å². The van der Waals surface area contributed by atoms with Gasteiger partial charge in [0.15, 0.2) is 11.5 Å². The van der Waals surface area contributed by atoms with Gasteiger partial charge in [0.2, 0.25) is 0 Å². The molecule has 1 aromatic rings. The molecule has 0 radical (unpaired) electrons. The van der Waals surface area contributed by atoms with Crippen molar-refractivity contribution in [3.05, 3.63) is 35.9 Å². The normalized spacial score (nSPS) is 16.1. The van der Waals surface area contributed by atoms with E-state index in [-0.39, 0.29) is 36.6 Å². The van der Waals surface area contributed by atoms with E-state index in [1.807, 2.05) is 18.2 Å². The van der Waals surface area contributed by atoms with Crippen LogP contribution in [-0.4, -0.2) is 43.3 Å². The second kappa shape index (κ2) is 9.95. The Labute approximate surface area is 145 Å². The first-order valence-corrected chi connectivity index (χ1v) is 7.08. The van der Waals surface area contributed by atoms with E-state index in [1.165, 1.54) is 0 Å². The zero-order valence-electron chi connectivity index (χ0n) is 13.2. The number of phenolic OH excluding ortho intramolecular Hbond substituents is 1. The van der Waals surface area contributed by atoms with Crippen LogP contribution in [0.3, 0.4) is 0 Å². The summed E-state index contributed by atoms with van der Waals surface area (Å²) in [5.41, 5.74) is 2.28. The van der Waals surface area contributed by atoms with Crippen LogP contribution in [0.5, 0.6) is 11.5 Å². The average Bonchev–Trinajstić information content (AvgIpc) is 2.45. The van der Waals surface area contributed by atoms with Gasteiger partial charge in [0.05, 0.1) is 7.11 Å². The summed E-state index contributed by atoms with van der Waals surface area (Å²) in [5.74, 6) is 0.718. The second-order valence-corrected chi connectivity index (χ2v) is 5.39. The maximum absolute atomic E-state index is 9.99. The molecular weight excluding hydrogens is 323 g/mol. The summed E-state index contributed by atoms with van der Waals surface area (Å²) in [6, 6.07) is 5.95. The van der Waals surface area contributed by atoms with Crippen LogP contribution in [0.1, 0.15) is 24.9 Å². The molecule has 1 atom stereocenters. The molecule has 6 heteroatoms. The second-order valence-electron chi connectivity index (χ2n) is 5.39. The van der Waals surface area contributed by atoms with Crippen LogP contribution in [-0.2, 0) is 0 Å². The minimum absolute atomic E-state index is 0. The van der Waals surface area contributed by atoms with Crippen LogP contribution >= 0.6 is 24.8 Å². The van der Waals surface area contributed by atoms with Gasteiger partial charge in [-0.1, -0.05) is 11.6 Å². The molecule has 0 saturated carbocycles. The van der Waals surface area contributed by atoms with E-state index < -0.39 is 0 Å². The largest absolute Gasteiger partial charge is 0.504 e. The first-order valence-electron chi connectivity index (χ1n) is 7.08. The van der Waals surface area contributed by atoms with Crippen LogP contribution in [0.25, 0.3) is 0 Å². The highest BCUT2D eigenvalue weighted by atomic mass is 35.5. The van der Waals surface area contributed by atoms with E-state index in [0.717, 1.165) is 43.7 Å². The minimum atomic E-state index is 0. The molecule has 1 aliphatic rings. The van der Waals surface area contributed by atoms with Crippen molar-refractivity contribution < 1.29 is 9.84 Å². The maximum Gasteiger partial charge on any atom is 0.160 e. The number of piperazine rings is 1. The fourth-order valence-electron chi connectivity index (χ4n) is 2.70. The van der Waals surface area contributed by atoms with Gasteiger partial charge in [0.25, 0.3) is 0 Å². The first-order chi connectivity index (χ1) is 9.61. The molecule has 0 amide bonds. The Morgan fingerprint density at radius 1 is 1.36 bits per heavy atom. The summed E-state index contributed by atoms with van der Waals surface area (Å²) >= 11 is 0. The Morgan fingerprint density at radius 3 is 2.50 bits per heavy atom. The Morgan fingerprint density at radius 2 is 2.00 bits per heavy atom. The predicted octanol–water partition coefficient (Wildman–Crippen LogP) is 3.16. The molecule has 0 spiro atoms. The molecule has 0 unspecified atom stereocenters. The average molecular weight is 349 g/mol. The third-order valence-electron chi connectivity index (χ3n) is 3.72. The molecule has 1 aromatic carbocycles. The van der Waals surface area contributed by atoms with Crippen LogP contribution in [0, 0.1) is 0 Å². The Bertz CT molecular complexity index is 477. The highest BCUT2D eigenvalue weighted by Gasteiger charge is 2.23. The van der Waals surface area contributed by atoms with Crippen molar-refractivity contribution in [2.24, 2.45) is 0 Å². The Hall–Kier alpha value is -0.940. The lowest BCUT2D eigenvalue weighted by Gasteiger charge is -2.35. The number of nitrogens with one attached hydrogen (secondary N) is 1. The molecule has 2 rings (SSSR count). The van der Waals surface area contributed by atoms with E-state index in [9.17, 15) is 5.11 Å². The van der Waals surface area contributed by atoms with Crippen molar-refractivity contribution in [1.82, 2.24) is 10.2 Å². The highest BCUT2D eigenvalue weighted by molar-refractivity contribution is 5.85. The number of ether oxygens (including phenoxy) is 1. The molecule has 0 aromatic heterocycles. The predicted molar refractivity (Wildman–Crippen MR) is 95.8 cm³/mol. The highest BCUT2D eigenvalue weighted by Crippen LogP contribution is 2.33. The van der Waals surface area contributed by atoms with E-state index in [2.05, 4.69) is 23.7 Å².